The van der Waals surface area contributed by atoms with Crippen molar-refractivity contribution in [3.63, 3.8) is 0 Å². The van der Waals surface area contributed by atoms with Crippen LogP contribution in [0, 0.1) is 56.2 Å². The third-order valence-corrected chi connectivity index (χ3v) is 15.7. The normalized spacial score (nSPS) is 41.9. The third kappa shape index (κ3) is 5.21. The van der Waals surface area contributed by atoms with Crippen molar-refractivity contribution in [2.24, 2.45) is 56.2 Å². The summed E-state index contributed by atoms with van der Waals surface area (Å²) in [5, 5.41) is 25.1. The second kappa shape index (κ2) is 11.4. The van der Waals surface area contributed by atoms with Gasteiger partial charge in [0.1, 0.15) is 6.10 Å². The molecule has 6 aliphatic rings. The van der Waals surface area contributed by atoms with Gasteiger partial charge in [0.15, 0.2) is 5.78 Å². The zero-order valence-corrected chi connectivity index (χ0v) is 30.8. The molecule has 0 aromatic heterocycles. The average Bonchev–Trinajstić information content (AvgIpc) is 3.74. The van der Waals surface area contributed by atoms with Gasteiger partial charge >= 0.3 is 11.9 Å². The van der Waals surface area contributed by atoms with Crippen LogP contribution < -0.4 is 5.32 Å². The van der Waals surface area contributed by atoms with Crippen molar-refractivity contribution in [3.8, 4) is 0 Å². The van der Waals surface area contributed by atoms with Gasteiger partial charge in [-0.2, -0.15) is 0 Å². The largest absolute Gasteiger partial charge is 0.481 e. The van der Waals surface area contributed by atoms with Gasteiger partial charge in [-0.3, -0.25) is 14.4 Å². The molecule has 7 heteroatoms. The lowest BCUT2D eigenvalue weighted by Gasteiger charge is -2.72. The van der Waals surface area contributed by atoms with Crippen LogP contribution >= 0.6 is 0 Å². The van der Waals surface area contributed by atoms with Gasteiger partial charge in [0.25, 0.3) is 0 Å². The molecule has 6 aliphatic carbocycles. The number of rotatable bonds is 9. The van der Waals surface area contributed by atoms with Gasteiger partial charge in [-0.1, -0.05) is 54.0 Å². The highest BCUT2D eigenvalue weighted by atomic mass is 16.5. The lowest BCUT2D eigenvalue weighted by atomic mass is 9.33. The van der Waals surface area contributed by atoms with E-state index in [0.29, 0.717) is 36.8 Å². The zero-order chi connectivity index (χ0) is 34.5. The molecule has 0 bridgehead atoms. The number of allylic oxidation sites excluding steroid dienone is 1. The molecule has 9 atom stereocenters. The summed E-state index contributed by atoms with van der Waals surface area (Å²) in [4.78, 5) is 38.6. The molecule has 3 N–H and O–H groups in total. The Labute approximate surface area is 283 Å². The minimum atomic E-state index is -1.15. The number of carboxylic acid groups (broad SMARTS) is 1. The van der Waals surface area contributed by atoms with E-state index >= 15 is 0 Å². The van der Waals surface area contributed by atoms with Crippen LogP contribution in [0.1, 0.15) is 139 Å². The van der Waals surface area contributed by atoms with Crippen LogP contribution in [-0.4, -0.2) is 52.7 Å². The molecule has 0 aliphatic heterocycles. The quantitative estimate of drug-likeness (QED) is 0.221. The fourth-order valence-electron chi connectivity index (χ4n) is 12.7. The number of ether oxygens (including phenoxy) is 1. The van der Waals surface area contributed by atoms with Crippen molar-refractivity contribution in [2.75, 3.05) is 6.54 Å². The summed E-state index contributed by atoms with van der Waals surface area (Å²) in [6, 6.07) is 0.522. The number of ketones is 1. The molecule has 0 aromatic rings. The Morgan fingerprint density at radius 3 is 2.21 bits per heavy atom. The fourth-order valence-corrected chi connectivity index (χ4v) is 12.7. The first-order chi connectivity index (χ1) is 21.7. The summed E-state index contributed by atoms with van der Waals surface area (Å²) >= 11 is 0. The maximum absolute atomic E-state index is 13.9. The highest BCUT2D eigenvalue weighted by Crippen LogP contribution is 2.77. The van der Waals surface area contributed by atoms with Crippen LogP contribution in [0.15, 0.2) is 11.1 Å². The SMILES string of the molecule is CC(C)C1=C2[C@H]3CCC4[C@@]5(C)CC[C@H](OC(=O)CC(C)(C)C(=O)O)C(C)(C)C5CC[C@@]4(C)[C@]3(C)CCC2([C@H](O)CNC2CC2)CC1=O. The van der Waals surface area contributed by atoms with E-state index < -0.39 is 28.9 Å². The van der Waals surface area contributed by atoms with Gasteiger partial charge in [-0.25, -0.2) is 0 Å². The van der Waals surface area contributed by atoms with Crippen LogP contribution in [0.25, 0.3) is 0 Å². The van der Waals surface area contributed by atoms with Crippen LogP contribution in [-0.2, 0) is 19.1 Å². The highest BCUT2D eigenvalue weighted by Gasteiger charge is 2.70. The summed E-state index contributed by atoms with van der Waals surface area (Å²) < 4.78 is 6.15. The Bertz CT molecular complexity index is 1340. The summed E-state index contributed by atoms with van der Waals surface area (Å²) in [5.41, 5.74) is 0.778. The Balaban J connectivity index is 1.29. The van der Waals surface area contributed by atoms with Crippen LogP contribution in [0.5, 0.6) is 0 Å². The molecule has 7 nitrogen and oxygen atoms in total. The highest BCUT2D eigenvalue weighted by molar-refractivity contribution is 6.00. The monoisotopic (exact) mass is 653 g/mol. The molecule has 0 saturated heterocycles. The lowest BCUT2D eigenvalue weighted by Crippen LogP contribution is -2.66. The van der Waals surface area contributed by atoms with E-state index in [2.05, 4.69) is 53.8 Å². The number of carboxylic acids is 1. The number of aliphatic carboxylic acids is 1. The molecular weight excluding hydrogens is 590 g/mol. The molecule has 264 valence electrons. The first-order valence-corrected chi connectivity index (χ1v) is 18.9. The maximum atomic E-state index is 13.9. The van der Waals surface area contributed by atoms with E-state index in [0.717, 1.165) is 56.9 Å². The number of aliphatic hydroxyl groups excluding tert-OH is 1. The van der Waals surface area contributed by atoms with E-state index in [9.17, 15) is 24.6 Å². The number of hydrogen-bond donors (Lipinski definition) is 3. The Hall–Kier alpha value is -1.73. The summed E-state index contributed by atoms with van der Waals surface area (Å²) in [7, 11) is 0. The van der Waals surface area contributed by atoms with Crippen LogP contribution in [0.4, 0.5) is 0 Å². The van der Waals surface area contributed by atoms with Gasteiger partial charge in [-0.05, 0) is 124 Å². The van der Waals surface area contributed by atoms with E-state index in [1.54, 1.807) is 13.8 Å². The minimum absolute atomic E-state index is 0.0347. The predicted molar refractivity (Wildman–Crippen MR) is 182 cm³/mol. The summed E-state index contributed by atoms with van der Waals surface area (Å²) in [5.74, 6) is 0.254. The van der Waals surface area contributed by atoms with Gasteiger partial charge < -0.3 is 20.3 Å². The lowest BCUT2D eigenvalue weighted by molar-refractivity contribution is -0.235. The third-order valence-electron chi connectivity index (χ3n) is 15.7. The summed E-state index contributed by atoms with van der Waals surface area (Å²) in [6.45, 7) is 20.3. The molecule has 3 unspecified atom stereocenters. The molecule has 0 radical (unpaired) electrons. The molecule has 5 saturated carbocycles. The second-order valence-corrected chi connectivity index (χ2v) is 19.3. The molecule has 6 rings (SSSR count). The average molecular weight is 654 g/mol. The van der Waals surface area contributed by atoms with Crippen molar-refractivity contribution >= 4 is 17.7 Å². The molecule has 0 heterocycles. The van der Waals surface area contributed by atoms with Crippen molar-refractivity contribution in [2.45, 2.75) is 158 Å². The van der Waals surface area contributed by atoms with Crippen molar-refractivity contribution in [1.82, 2.24) is 5.32 Å². The van der Waals surface area contributed by atoms with E-state index in [1.165, 1.54) is 18.4 Å². The number of fused-ring (bicyclic) bond motifs is 7. The second-order valence-electron chi connectivity index (χ2n) is 19.3. The molecule has 0 spiro atoms. The molecule has 0 amide bonds. The number of esters is 1. The number of aliphatic hydroxyl groups is 1. The molecule has 5 fully saturated rings. The smallest absolute Gasteiger partial charge is 0.309 e. The zero-order valence-electron chi connectivity index (χ0n) is 30.8. The number of carbonyl (C=O) groups excluding carboxylic acids is 2. The summed E-state index contributed by atoms with van der Waals surface area (Å²) in [6.07, 6.45) is 10.0. The van der Waals surface area contributed by atoms with E-state index in [1.807, 2.05) is 0 Å². The van der Waals surface area contributed by atoms with Gasteiger partial charge in [0.2, 0.25) is 0 Å². The Kier molecular flexibility index (Phi) is 8.52. The van der Waals surface area contributed by atoms with Gasteiger partial charge in [0, 0.05) is 29.8 Å². The standard InChI is InChI=1S/C40H63NO6/c1-23(2)32-26(42)20-40(29(43)22-41-24-10-11-24)19-18-38(8)25(33(32)40)12-13-28-37(7)16-15-30(47-31(44)21-35(3,4)34(45)46)36(5,6)27(37)14-17-39(28,38)9/h23-25,27-30,41,43H,10-22H2,1-9H3,(H,45,46)/t25-,27?,28?,29-,30+,37+,38-,39-,40?/m1/s1. The van der Waals surface area contributed by atoms with E-state index in [-0.39, 0.29) is 45.9 Å². The topological polar surface area (TPSA) is 113 Å². The van der Waals surface area contributed by atoms with E-state index in [4.69, 9.17) is 4.74 Å². The number of nitrogens with one attached hydrogen (secondary N) is 1. The van der Waals surface area contributed by atoms with Crippen molar-refractivity contribution in [1.29, 1.82) is 0 Å². The van der Waals surface area contributed by atoms with Crippen LogP contribution in [0.3, 0.4) is 0 Å². The van der Waals surface area contributed by atoms with Crippen molar-refractivity contribution < 1.29 is 29.3 Å². The first kappa shape index (κ1) is 35.1. The van der Waals surface area contributed by atoms with Gasteiger partial charge in [-0.15, -0.1) is 0 Å². The Morgan fingerprint density at radius 1 is 0.915 bits per heavy atom. The Morgan fingerprint density at radius 2 is 1.60 bits per heavy atom. The molecular formula is C40H63NO6. The molecule has 0 aromatic carbocycles. The fraction of sp³-hybridized carbons (Fsp3) is 0.875. The maximum Gasteiger partial charge on any atom is 0.309 e. The number of Topliss-reactive ketones (excluding diaryl/α,β-unsaturated/α-hetero) is 1. The van der Waals surface area contributed by atoms with Gasteiger partial charge in [0.05, 0.1) is 17.9 Å². The van der Waals surface area contributed by atoms with Crippen LogP contribution in [0.2, 0.25) is 0 Å². The predicted octanol–water partition coefficient (Wildman–Crippen LogP) is 7.49. The molecule has 47 heavy (non-hydrogen) atoms. The number of carbonyl (C=O) groups is 3. The van der Waals surface area contributed by atoms with Crippen molar-refractivity contribution in [3.05, 3.63) is 11.1 Å². The minimum Gasteiger partial charge on any atom is -0.481 e. The number of hydrogen-bond acceptors (Lipinski definition) is 6. The first-order valence-electron chi connectivity index (χ1n) is 18.9.